The normalized spacial score (nSPS) is 12.9. The summed E-state index contributed by atoms with van der Waals surface area (Å²) in [5.41, 5.74) is -1.41. The molecular formula is C30H25ClN4O17S5. The van der Waals surface area contributed by atoms with Crippen molar-refractivity contribution in [3.63, 3.8) is 0 Å². The highest BCUT2D eigenvalue weighted by Gasteiger charge is 2.31. The van der Waals surface area contributed by atoms with Crippen LogP contribution < -0.4 is 10.6 Å². The van der Waals surface area contributed by atoms with Crippen LogP contribution >= 0.6 is 11.6 Å². The van der Waals surface area contributed by atoms with E-state index >= 15 is 0 Å². The number of azo groups is 1. The highest BCUT2D eigenvalue weighted by atomic mass is 35.5. The van der Waals surface area contributed by atoms with Crippen molar-refractivity contribution in [3.05, 3.63) is 83.9 Å². The van der Waals surface area contributed by atoms with E-state index in [0.717, 1.165) is 42.5 Å². The number of nitrogens with one attached hydrogen (secondary N) is 2. The summed E-state index contributed by atoms with van der Waals surface area (Å²) in [5, 5.41) is 34.3. The summed E-state index contributed by atoms with van der Waals surface area (Å²) in [6.45, 7) is -0.919. The fourth-order valence-electron chi connectivity index (χ4n) is 5.09. The number of aromatic hydroxyl groups is 2. The maximum Gasteiger partial charge on any atom is 0.397 e. The Labute approximate surface area is 328 Å². The smallest absolute Gasteiger partial charge is 0.397 e. The summed E-state index contributed by atoms with van der Waals surface area (Å²) < 4.78 is 161. The van der Waals surface area contributed by atoms with E-state index < -0.39 is 111 Å². The maximum absolute atomic E-state index is 12.5. The predicted molar refractivity (Wildman–Crippen MR) is 201 cm³/mol. The molecule has 0 aliphatic rings. The van der Waals surface area contributed by atoms with Crippen LogP contribution in [0.4, 0.5) is 34.1 Å². The quantitative estimate of drug-likeness (QED) is 0.0406. The molecule has 0 aliphatic carbocycles. The van der Waals surface area contributed by atoms with Crippen LogP contribution in [0.15, 0.2) is 109 Å². The number of halogens is 1. The van der Waals surface area contributed by atoms with Crippen LogP contribution in [0.2, 0.25) is 5.02 Å². The van der Waals surface area contributed by atoms with Gasteiger partial charge in [0, 0.05) is 27.5 Å². The molecule has 0 radical (unpaired) electrons. The van der Waals surface area contributed by atoms with Crippen molar-refractivity contribution in [3.8, 4) is 11.5 Å². The second-order valence-corrected chi connectivity index (χ2v) is 19.3. The third kappa shape index (κ3) is 10.5. The van der Waals surface area contributed by atoms with Gasteiger partial charge in [0.05, 0.1) is 43.8 Å². The van der Waals surface area contributed by atoms with Crippen molar-refractivity contribution in [1.29, 1.82) is 0 Å². The van der Waals surface area contributed by atoms with Gasteiger partial charge < -0.3 is 20.8 Å². The first-order chi connectivity index (χ1) is 26.2. The lowest BCUT2D eigenvalue weighted by Crippen LogP contribution is -2.15. The number of nitrogens with zero attached hydrogens (tertiary/aromatic N) is 2. The predicted octanol–water partition coefficient (Wildman–Crippen LogP) is 5.14. The fourth-order valence-corrected chi connectivity index (χ4v) is 8.61. The summed E-state index contributed by atoms with van der Waals surface area (Å²) >= 11 is 6.30. The van der Waals surface area contributed by atoms with Gasteiger partial charge in [0.25, 0.3) is 20.2 Å². The zero-order valence-corrected chi connectivity index (χ0v) is 32.7. The first-order valence-electron chi connectivity index (χ1n) is 15.0. The number of hydrogen-bond acceptors (Lipinski definition) is 17. The van der Waals surface area contributed by atoms with E-state index in [1.807, 2.05) is 0 Å². The van der Waals surface area contributed by atoms with Crippen LogP contribution in [0.5, 0.6) is 11.5 Å². The van der Waals surface area contributed by atoms with Crippen molar-refractivity contribution < 1.29 is 74.7 Å². The Kier molecular flexibility index (Phi) is 11.9. The van der Waals surface area contributed by atoms with Crippen LogP contribution in [0, 0.1) is 0 Å². The molecule has 0 saturated carbocycles. The average Bonchev–Trinajstić information content (AvgIpc) is 3.07. The Morgan fingerprint density at radius 2 is 1.23 bits per heavy atom. The number of hydrogen-bond donors (Lipinski definition) is 8. The van der Waals surface area contributed by atoms with Gasteiger partial charge in [-0.15, -0.1) is 5.11 Å². The maximum atomic E-state index is 12.5. The van der Waals surface area contributed by atoms with Gasteiger partial charge >= 0.3 is 20.5 Å². The van der Waals surface area contributed by atoms with Crippen LogP contribution in [-0.2, 0) is 54.8 Å². The largest absolute Gasteiger partial charge is 0.506 e. The third-order valence-corrected chi connectivity index (χ3v) is 12.4. The number of benzene rings is 5. The molecule has 0 fully saturated rings. The van der Waals surface area contributed by atoms with Crippen molar-refractivity contribution in [2.75, 3.05) is 23.0 Å². The lowest BCUT2D eigenvalue weighted by molar-refractivity contribution is 0.284. The molecule has 27 heteroatoms. The van der Waals surface area contributed by atoms with Gasteiger partial charge in [-0.2, -0.15) is 38.8 Å². The summed E-state index contributed by atoms with van der Waals surface area (Å²) in [6.07, 6.45) is 0. The van der Waals surface area contributed by atoms with E-state index in [2.05, 4.69) is 25.0 Å². The van der Waals surface area contributed by atoms with E-state index in [1.165, 1.54) is 30.3 Å². The van der Waals surface area contributed by atoms with Crippen molar-refractivity contribution in [2.45, 2.75) is 19.6 Å². The summed E-state index contributed by atoms with van der Waals surface area (Å²) in [5.74, 6) is -3.37. The molecule has 57 heavy (non-hydrogen) atoms. The minimum atomic E-state index is -5.53. The van der Waals surface area contributed by atoms with Gasteiger partial charge in [0.1, 0.15) is 5.75 Å². The number of fused-ring (bicyclic) bond motifs is 1. The second-order valence-electron chi connectivity index (χ2n) is 11.5. The molecule has 0 spiro atoms. The Morgan fingerprint density at radius 3 is 1.81 bits per heavy atom. The summed E-state index contributed by atoms with van der Waals surface area (Å²) in [6, 6.07) is 14.4. The average molecular weight is 909 g/mol. The van der Waals surface area contributed by atoms with Crippen molar-refractivity contribution >= 4 is 107 Å². The topological polar surface area (TPSA) is 350 Å². The molecule has 0 aliphatic heterocycles. The van der Waals surface area contributed by atoms with Crippen LogP contribution in [0.1, 0.15) is 0 Å². The van der Waals surface area contributed by atoms with Gasteiger partial charge in [-0.25, -0.2) is 12.6 Å². The van der Waals surface area contributed by atoms with Crippen LogP contribution in [0.25, 0.3) is 10.8 Å². The van der Waals surface area contributed by atoms with E-state index in [9.17, 15) is 66.0 Å². The fraction of sp³-hybridized carbons (Fsp3) is 0.0667. The molecule has 0 atom stereocenters. The standard InChI is InChI=1S/C30H25ClN4O17S5/c31-16-10-19(32-18-2-1-3-22(13-18)54(40,41)42)12-20(11-16)33-25-15-23(55(43,44)45)14-24-26(25)29(37)27(30(28(24)36)56(46,47)48)35-34-17-4-6-21(7-5-17)53(38,39)9-8-52-57(49,50)51/h1-7,10-15,32-33,36-37H,8-9H2,(H,40,41,42)(H,43,44,45)(H,46,47,48)(H,49,50,51). The minimum absolute atomic E-state index is 0.00485. The molecule has 304 valence electrons. The molecule has 0 bridgehead atoms. The van der Waals surface area contributed by atoms with Gasteiger partial charge in [0.2, 0.25) is 0 Å². The molecule has 5 aromatic rings. The SMILES string of the molecule is O=S(=O)(O)OCCS(=O)(=O)c1ccc(N=Nc2c(S(=O)(=O)O)c(O)c3cc(S(=O)(=O)O)cc(Nc4cc(Cl)cc(Nc5cccc(S(=O)(=O)O)c5)c4)c3c2O)cc1. The molecule has 0 aromatic heterocycles. The molecule has 5 aromatic carbocycles. The molecule has 8 N–H and O–H groups in total. The number of rotatable bonds is 14. The minimum Gasteiger partial charge on any atom is -0.506 e. The van der Waals surface area contributed by atoms with Gasteiger partial charge in [-0.05, 0) is 72.8 Å². The molecular weight excluding hydrogens is 884 g/mol. The summed E-state index contributed by atoms with van der Waals surface area (Å²) in [4.78, 5) is -3.22. The van der Waals surface area contributed by atoms with Crippen molar-refractivity contribution in [1.82, 2.24) is 0 Å². The highest BCUT2D eigenvalue weighted by Crippen LogP contribution is 2.51. The Bertz CT molecular complexity index is 3040. The Hall–Kier alpha value is -5.00. The van der Waals surface area contributed by atoms with Gasteiger partial charge in [0.15, 0.2) is 26.2 Å². The van der Waals surface area contributed by atoms with E-state index in [-0.39, 0.29) is 32.7 Å². The molecule has 0 saturated heterocycles. The molecule has 5 rings (SSSR count). The summed E-state index contributed by atoms with van der Waals surface area (Å²) in [7, 11) is -24.3. The first-order valence-corrected chi connectivity index (χ1v) is 22.7. The van der Waals surface area contributed by atoms with E-state index in [1.54, 1.807) is 0 Å². The number of sulfone groups is 1. The van der Waals surface area contributed by atoms with Gasteiger partial charge in [-0.3, -0.25) is 18.2 Å². The van der Waals surface area contributed by atoms with E-state index in [0.29, 0.717) is 6.07 Å². The molecule has 0 heterocycles. The zero-order valence-electron chi connectivity index (χ0n) is 27.9. The number of anilines is 4. The van der Waals surface area contributed by atoms with Crippen molar-refractivity contribution in [2.24, 2.45) is 10.2 Å². The monoisotopic (exact) mass is 908 g/mol. The van der Waals surface area contributed by atoms with Gasteiger partial charge in [-0.1, -0.05) is 17.7 Å². The zero-order chi connectivity index (χ0) is 42.3. The van der Waals surface area contributed by atoms with Crippen LogP contribution in [0.3, 0.4) is 0 Å². The lowest BCUT2D eigenvalue weighted by Gasteiger charge is -2.18. The second kappa shape index (κ2) is 15.7. The number of phenols is 2. The van der Waals surface area contributed by atoms with Crippen LogP contribution in [-0.4, -0.2) is 82.9 Å². The first kappa shape index (κ1) is 43.1. The lowest BCUT2D eigenvalue weighted by atomic mass is 10.0. The molecule has 0 amide bonds. The Morgan fingerprint density at radius 1 is 0.614 bits per heavy atom. The highest BCUT2D eigenvalue weighted by molar-refractivity contribution is 7.91. The molecule has 21 nitrogen and oxygen atoms in total. The Balaban J connectivity index is 1.62. The molecule has 0 unspecified atom stereocenters. The third-order valence-electron chi connectivity index (χ3n) is 7.46. The van der Waals surface area contributed by atoms with E-state index in [4.69, 9.17) is 16.2 Å². The number of phenolic OH excluding ortho intramolecular Hbond substituents is 2.